The van der Waals surface area contributed by atoms with Gasteiger partial charge in [-0.1, -0.05) is 0 Å². The summed E-state index contributed by atoms with van der Waals surface area (Å²) in [6, 6.07) is 10.4. The third-order valence-corrected chi connectivity index (χ3v) is 4.32. The average molecular weight is 407 g/mol. The van der Waals surface area contributed by atoms with Gasteiger partial charge in [-0.15, -0.1) is 0 Å². The molecule has 28 heavy (non-hydrogen) atoms. The van der Waals surface area contributed by atoms with E-state index in [9.17, 15) is 18.0 Å². The SMILES string of the molecule is COc1cc(OC)cc(C(=O)O[C@H](C)C(=O)c2ccc(NS(C)(=O)=O)cc2)c1. The van der Waals surface area contributed by atoms with Crippen LogP contribution in [-0.4, -0.2) is 46.7 Å². The Labute approximate surface area is 163 Å². The molecule has 0 saturated heterocycles. The fourth-order valence-electron chi connectivity index (χ4n) is 2.36. The summed E-state index contributed by atoms with van der Waals surface area (Å²) < 4.78 is 40.2. The molecule has 0 heterocycles. The van der Waals surface area contributed by atoms with Crippen LogP contribution < -0.4 is 14.2 Å². The van der Waals surface area contributed by atoms with E-state index in [1.807, 2.05) is 0 Å². The van der Waals surface area contributed by atoms with Crippen LogP contribution in [0.2, 0.25) is 0 Å². The molecule has 150 valence electrons. The number of methoxy groups -OCH3 is 2. The van der Waals surface area contributed by atoms with E-state index >= 15 is 0 Å². The van der Waals surface area contributed by atoms with Crippen LogP contribution >= 0.6 is 0 Å². The van der Waals surface area contributed by atoms with E-state index in [2.05, 4.69) is 4.72 Å². The Hall–Kier alpha value is -3.07. The van der Waals surface area contributed by atoms with E-state index in [1.165, 1.54) is 57.5 Å². The number of ketones is 1. The number of nitrogens with one attached hydrogen (secondary N) is 1. The molecule has 0 radical (unpaired) electrons. The summed E-state index contributed by atoms with van der Waals surface area (Å²) >= 11 is 0. The monoisotopic (exact) mass is 407 g/mol. The van der Waals surface area contributed by atoms with Crippen LogP contribution in [0.5, 0.6) is 11.5 Å². The van der Waals surface area contributed by atoms with Gasteiger partial charge in [0.05, 0.1) is 26.0 Å². The average Bonchev–Trinajstić information content (AvgIpc) is 2.66. The van der Waals surface area contributed by atoms with Gasteiger partial charge in [-0.25, -0.2) is 13.2 Å². The molecule has 0 fully saturated rings. The quantitative estimate of drug-likeness (QED) is 0.529. The fraction of sp³-hybridized carbons (Fsp3) is 0.263. The summed E-state index contributed by atoms with van der Waals surface area (Å²) in [6.45, 7) is 1.46. The highest BCUT2D eigenvalue weighted by atomic mass is 32.2. The number of anilines is 1. The number of carbonyl (C=O) groups excluding carboxylic acids is 2. The Kier molecular flexibility index (Phi) is 6.63. The van der Waals surface area contributed by atoms with Crippen LogP contribution in [0, 0.1) is 0 Å². The van der Waals surface area contributed by atoms with Crippen molar-refractivity contribution >= 4 is 27.5 Å². The van der Waals surface area contributed by atoms with E-state index in [0.29, 0.717) is 17.2 Å². The zero-order valence-electron chi connectivity index (χ0n) is 15.9. The molecule has 0 aliphatic heterocycles. The normalized spacial score (nSPS) is 12.0. The molecule has 0 aliphatic carbocycles. The van der Waals surface area contributed by atoms with Crippen LogP contribution in [0.1, 0.15) is 27.6 Å². The first-order valence-electron chi connectivity index (χ1n) is 8.19. The Morgan fingerprint density at radius 1 is 0.929 bits per heavy atom. The summed E-state index contributed by atoms with van der Waals surface area (Å²) in [5.74, 6) is -0.291. The van der Waals surface area contributed by atoms with Crippen molar-refractivity contribution in [2.24, 2.45) is 0 Å². The number of Topliss-reactive ketones (excluding diaryl/α,β-unsaturated/α-hetero) is 1. The molecule has 0 bridgehead atoms. The minimum Gasteiger partial charge on any atom is -0.497 e. The highest BCUT2D eigenvalue weighted by molar-refractivity contribution is 7.92. The van der Waals surface area contributed by atoms with Crippen molar-refractivity contribution in [1.82, 2.24) is 0 Å². The predicted octanol–water partition coefficient (Wildman–Crippen LogP) is 2.50. The smallest absolute Gasteiger partial charge is 0.339 e. The van der Waals surface area contributed by atoms with Crippen LogP contribution in [0.3, 0.4) is 0 Å². The summed E-state index contributed by atoms with van der Waals surface area (Å²) in [7, 11) is -0.496. The number of hydrogen-bond donors (Lipinski definition) is 1. The number of esters is 1. The molecule has 8 nitrogen and oxygen atoms in total. The molecule has 0 saturated carbocycles. The van der Waals surface area contributed by atoms with E-state index in [0.717, 1.165) is 6.26 Å². The molecular formula is C19H21NO7S. The van der Waals surface area contributed by atoms with Crippen molar-refractivity contribution in [3.05, 3.63) is 53.6 Å². The molecule has 0 amide bonds. The topological polar surface area (TPSA) is 108 Å². The molecule has 0 unspecified atom stereocenters. The standard InChI is InChI=1S/C19H21NO7S/c1-12(18(21)13-5-7-15(8-6-13)20-28(4,23)24)27-19(22)14-9-16(25-2)11-17(10-14)26-3/h5-12,20H,1-4H3/t12-/m1/s1. The van der Waals surface area contributed by atoms with Gasteiger partial charge in [0.2, 0.25) is 15.8 Å². The van der Waals surface area contributed by atoms with Gasteiger partial charge in [-0.2, -0.15) is 0 Å². The van der Waals surface area contributed by atoms with Gasteiger partial charge < -0.3 is 14.2 Å². The molecule has 1 N–H and O–H groups in total. The molecule has 9 heteroatoms. The first-order valence-corrected chi connectivity index (χ1v) is 10.1. The molecule has 0 spiro atoms. The van der Waals surface area contributed by atoms with Gasteiger partial charge in [0.1, 0.15) is 11.5 Å². The van der Waals surface area contributed by atoms with Crippen LogP contribution in [-0.2, 0) is 14.8 Å². The van der Waals surface area contributed by atoms with Gasteiger partial charge in [-0.3, -0.25) is 9.52 Å². The maximum Gasteiger partial charge on any atom is 0.339 e. The van der Waals surface area contributed by atoms with Crippen molar-refractivity contribution in [1.29, 1.82) is 0 Å². The number of carbonyl (C=O) groups is 2. The number of hydrogen-bond acceptors (Lipinski definition) is 7. The lowest BCUT2D eigenvalue weighted by molar-refractivity contribution is 0.0318. The largest absolute Gasteiger partial charge is 0.497 e. The minimum absolute atomic E-state index is 0.184. The maximum atomic E-state index is 12.5. The fourth-order valence-corrected chi connectivity index (χ4v) is 2.92. The predicted molar refractivity (Wildman–Crippen MR) is 104 cm³/mol. The minimum atomic E-state index is -3.41. The molecule has 2 aromatic rings. The van der Waals surface area contributed by atoms with E-state index in [-0.39, 0.29) is 11.1 Å². The Morgan fingerprint density at radius 2 is 1.46 bits per heavy atom. The molecule has 2 rings (SSSR count). The summed E-state index contributed by atoms with van der Waals surface area (Å²) in [5.41, 5.74) is 0.790. The summed E-state index contributed by atoms with van der Waals surface area (Å²) in [4.78, 5) is 24.9. The van der Waals surface area contributed by atoms with Gasteiger partial charge in [-0.05, 0) is 43.3 Å². The van der Waals surface area contributed by atoms with Crippen molar-refractivity contribution < 1.29 is 32.2 Å². The third kappa shape index (κ3) is 5.71. The zero-order chi connectivity index (χ0) is 20.9. The van der Waals surface area contributed by atoms with Crippen molar-refractivity contribution in [2.45, 2.75) is 13.0 Å². The highest BCUT2D eigenvalue weighted by Crippen LogP contribution is 2.23. The van der Waals surface area contributed by atoms with Gasteiger partial charge >= 0.3 is 5.97 Å². The Morgan fingerprint density at radius 3 is 1.93 bits per heavy atom. The van der Waals surface area contributed by atoms with Crippen LogP contribution in [0.15, 0.2) is 42.5 Å². The lowest BCUT2D eigenvalue weighted by atomic mass is 10.1. The summed E-state index contributed by atoms with van der Waals surface area (Å²) in [6.07, 6.45) is -0.0142. The first-order chi connectivity index (χ1) is 13.1. The van der Waals surface area contributed by atoms with E-state index in [4.69, 9.17) is 14.2 Å². The van der Waals surface area contributed by atoms with Gasteiger partial charge in [0.25, 0.3) is 0 Å². The Balaban J connectivity index is 2.10. The van der Waals surface area contributed by atoms with E-state index in [1.54, 1.807) is 6.07 Å². The Bertz CT molecular complexity index is 946. The highest BCUT2D eigenvalue weighted by Gasteiger charge is 2.21. The number of ether oxygens (including phenoxy) is 3. The van der Waals surface area contributed by atoms with Crippen LogP contribution in [0.4, 0.5) is 5.69 Å². The molecular weight excluding hydrogens is 386 g/mol. The summed E-state index contributed by atoms with van der Waals surface area (Å²) in [5, 5.41) is 0. The number of sulfonamides is 1. The molecule has 1 atom stereocenters. The molecule has 2 aromatic carbocycles. The number of rotatable bonds is 8. The second-order valence-corrected chi connectivity index (χ2v) is 7.71. The van der Waals surface area contributed by atoms with E-state index < -0.39 is 27.9 Å². The second kappa shape index (κ2) is 8.75. The second-order valence-electron chi connectivity index (χ2n) is 5.96. The van der Waals surface area contributed by atoms with Crippen molar-refractivity contribution in [3.63, 3.8) is 0 Å². The van der Waals surface area contributed by atoms with Gasteiger partial charge in [0.15, 0.2) is 6.10 Å². The molecule has 0 aliphatic rings. The number of benzene rings is 2. The van der Waals surface area contributed by atoms with Gasteiger partial charge in [0, 0.05) is 17.3 Å². The lowest BCUT2D eigenvalue weighted by Crippen LogP contribution is -2.24. The third-order valence-electron chi connectivity index (χ3n) is 3.71. The van der Waals surface area contributed by atoms with Crippen molar-refractivity contribution in [3.8, 4) is 11.5 Å². The zero-order valence-corrected chi connectivity index (χ0v) is 16.7. The first kappa shape index (κ1) is 21.2. The van der Waals surface area contributed by atoms with Crippen molar-refractivity contribution in [2.75, 3.05) is 25.2 Å². The maximum absolute atomic E-state index is 12.5. The van der Waals surface area contributed by atoms with Crippen LogP contribution in [0.25, 0.3) is 0 Å². The lowest BCUT2D eigenvalue weighted by Gasteiger charge is -2.14. The molecule has 0 aromatic heterocycles.